The summed E-state index contributed by atoms with van der Waals surface area (Å²) < 4.78 is 12.1. The van der Waals surface area contributed by atoms with E-state index in [1.807, 2.05) is 36.4 Å². The lowest BCUT2D eigenvalue weighted by Gasteiger charge is -2.38. The fourth-order valence-electron chi connectivity index (χ4n) is 5.18. The average Bonchev–Trinajstić information content (AvgIpc) is 2.98. The molecule has 1 aromatic carbocycles. The third kappa shape index (κ3) is 3.13. The molecule has 7 nitrogen and oxygen atoms in total. The van der Waals surface area contributed by atoms with Crippen LogP contribution in [0.15, 0.2) is 41.2 Å². The van der Waals surface area contributed by atoms with Crippen LogP contribution in [-0.2, 0) is 16.1 Å². The Morgan fingerprint density at radius 1 is 1.17 bits per heavy atom. The van der Waals surface area contributed by atoms with Crippen LogP contribution in [0.4, 0.5) is 0 Å². The Morgan fingerprint density at radius 2 is 1.90 bits per heavy atom. The van der Waals surface area contributed by atoms with Crippen LogP contribution < -0.4 is 10.3 Å². The average molecular weight is 412 g/mol. The number of carbonyl (C=O) groups is 1. The molecule has 0 spiro atoms. The number of esters is 1. The molecule has 0 aliphatic carbocycles. The summed E-state index contributed by atoms with van der Waals surface area (Å²) in [5, 5.41) is 10.1. The van der Waals surface area contributed by atoms with Crippen LogP contribution in [-0.4, -0.2) is 54.0 Å². The van der Waals surface area contributed by atoms with Gasteiger partial charge in [0.2, 0.25) is 0 Å². The van der Waals surface area contributed by atoms with Crippen molar-refractivity contribution in [2.75, 3.05) is 27.4 Å². The lowest BCUT2D eigenvalue weighted by atomic mass is 9.87. The second-order valence-electron chi connectivity index (χ2n) is 7.96. The number of nitrogens with zero attached hydrogens (tertiary/aromatic N) is 2. The number of aliphatic hydroxyl groups excluding tert-OH is 1. The summed E-state index contributed by atoms with van der Waals surface area (Å²) >= 11 is 0. The molecule has 0 amide bonds. The first-order valence-corrected chi connectivity index (χ1v) is 10.4. The molecule has 30 heavy (non-hydrogen) atoms. The second-order valence-corrected chi connectivity index (χ2v) is 7.96. The van der Waals surface area contributed by atoms with Crippen molar-refractivity contribution in [3.05, 3.63) is 52.4 Å². The fraction of sp³-hybridized carbons (Fsp3) is 0.478. The van der Waals surface area contributed by atoms with Gasteiger partial charge in [0.15, 0.2) is 0 Å². The van der Waals surface area contributed by atoms with Gasteiger partial charge in [-0.3, -0.25) is 14.5 Å². The Hall–Kier alpha value is -2.64. The van der Waals surface area contributed by atoms with Crippen molar-refractivity contribution in [2.24, 2.45) is 11.8 Å². The van der Waals surface area contributed by atoms with Gasteiger partial charge in [-0.05, 0) is 42.8 Å². The highest BCUT2D eigenvalue weighted by Gasteiger charge is 2.55. The van der Waals surface area contributed by atoms with E-state index in [-0.39, 0.29) is 36.1 Å². The summed E-state index contributed by atoms with van der Waals surface area (Å²) in [7, 11) is 2.99. The molecule has 1 aromatic heterocycles. The maximum absolute atomic E-state index is 13.4. The zero-order valence-corrected chi connectivity index (χ0v) is 17.6. The molecule has 2 aliphatic heterocycles. The number of aromatic nitrogens is 1. The van der Waals surface area contributed by atoms with Gasteiger partial charge in [0.05, 0.1) is 26.2 Å². The molecule has 0 unspecified atom stereocenters. The van der Waals surface area contributed by atoms with Gasteiger partial charge >= 0.3 is 5.97 Å². The second kappa shape index (κ2) is 8.24. The van der Waals surface area contributed by atoms with Crippen molar-refractivity contribution in [1.82, 2.24) is 9.47 Å². The highest BCUT2D eigenvalue weighted by atomic mass is 16.5. The van der Waals surface area contributed by atoms with Crippen LogP contribution >= 0.6 is 0 Å². The number of rotatable bonds is 6. The molecular formula is C23H28N2O5. The highest BCUT2D eigenvalue weighted by molar-refractivity contribution is 5.75. The van der Waals surface area contributed by atoms with E-state index in [4.69, 9.17) is 9.47 Å². The van der Waals surface area contributed by atoms with Crippen molar-refractivity contribution in [2.45, 2.75) is 32.0 Å². The number of carbonyl (C=O) groups excluding carboxylic acids is 1. The van der Waals surface area contributed by atoms with Crippen LogP contribution in [0.3, 0.4) is 0 Å². The van der Waals surface area contributed by atoms with Gasteiger partial charge in [-0.15, -0.1) is 0 Å². The monoisotopic (exact) mass is 412 g/mol. The Morgan fingerprint density at radius 3 is 2.50 bits per heavy atom. The molecule has 1 fully saturated rings. The van der Waals surface area contributed by atoms with Crippen LogP contribution in [0.5, 0.6) is 5.75 Å². The molecule has 7 heteroatoms. The fourth-order valence-corrected chi connectivity index (χ4v) is 5.18. The molecule has 2 bridgehead atoms. The zero-order chi connectivity index (χ0) is 21.4. The third-order valence-electron chi connectivity index (χ3n) is 6.53. The van der Waals surface area contributed by atoms with Crippen molar-refractivity contribution in [3.63, 3.8) is 0 Å². The smallest absolute Gasteiger partial charge is 0.311 e. The Bertz CT molecular complexity index is 984. The van der Waals surface area contributed by atoms with Crippen LogP contribution in [0.2, 0.25) is 0 Å². The van der Waals surface area contributed by atoms with E-state index in [0.29, 0.717) is 12.1 Å². The van der Waals surface area contributed by atoms with E-state index >= 15 is 0 Å². The van der Waals surface area contributed by atoms with Gasteiger partial charge in [-0.25, -0.2) is 0 Å². The predicted molar refractivity (Wildman–Crippen MR) is 112 cm³/mol. The van der Waals surface area contributed by atoms with Crippen molar-refractivity contribution >= 4 is 5.97 Å². The lowest BCUT2D eigenvalue weighted by molar-refractivity contribution is -0.148. The summed E-state index contributed by atoms with van der Waals surface area (Å²) in [5.41, 5.74) is 2.17. The summed E-state index contributed by atoms with van der Waals surface area (Å²) in [6, 6.07) is 10.8. The molecule has 1 N–H and O–H groups in total. The Labute approximate surface area is 175 Å². The number of fused-ring (bicyclic) bond motifs is 4. The Kier molecular flexibility index (Phi) is 5.66. The number of benzene rings is 1. The molecule has 0 saturated carbocycles. The molecule has 2 aliphatic rings. The molecular weight excluding hydrogens is 384 g/mol. The number of hydrogen-bond acceptors (Lipinski definition) is 6. The minimum atomic E-state index is -0.489. The van der Waals surface area contributed by atoms with Crippen molar-refractivity contribution < 1.29 is 19.4 Å². The quantitative estimate of drug-likeness (QED) is 0.732. The maximum atomic E-state index is 13.4. The topological polar surface area (TPSA) is 81.0 Å². The van der Waals surface area contributed by atoms with E-state index in [1.54, 1.807) is 11.7 Å². The summed E-state index contributed by atoms with van der Waals surface area (Å²) in [5.74, 6) is -0.353. The summed E-state index contributed by atoms with van der Waals surface area (Å²) in [6.45, 7) is 3.23. The first-order chi connectivity index (χ1) is 14.5. The molecule has 4 atom stereocenters. The maximum Gasteiger partial charge on any atom is 0.311 e. The number of methoxy groups -OCH3 is 2. The zero-order valence-electron chi connectivity index (χ0n) is 17.6. The first kappa shape index (κ1) is 20.6. The normalized spacial score (nSPS) is 25.1. The predicted octanol–water partition coefficient (Wildman–Crippen LogP) is 2.07. The minimum Gasteiger partial charge on any atom is -0.497 e. The molecule has 2 aromatic rings. The van der Waals surface area contributed by atoms with Crippen molar-refractivity contribution in [1.29, 1.82) is 0 Å². The van der Waals surface area contributed by atoms with Gasteiger partial charge < -0.3 is 19.1 Å². The van der Waals surface area contributed by atoms with E-state index in [9.17, 15) is 14.7 Å². The number of pyridine rings is 1. The van der Waals surface area contributed by atoms with E-state index < -0.39 is 5.92 Å². The van der Waals surface area contributed by atoms with Crippen LogP contribution in [0.25, 0.3) is 11.1 Å². The molecule has 4 rings (SSSR count). The van der Waals surface area contributed by atoms with Gasteiger partial charge in [0.1, 0.15) is 5.75 Å². The van der Waals surface area contributed by atoms with Crippen LogP contribution in [0.1, 0.15) is 25.1 Å². The third-order valence-corrected chi connectivity index (χ3v) is 6.53. The summed E-state index contributed by atoms with van der Waals surface area (Å²) in [4.78, 5) is 28.4. The van der Waals surface area contributed by atoms with Crippen molar-refractivity contribution in [3.8, 4) is 16.9 Å². The minimum absolute atomic E-state index is 0.0778. The van der Waals surface area contributed by atoms with Gasteiger partial charge in [0, 0.05) is 36.4 Å². The SMILES string of the molecule is CCCN1[C@@H]2Cn3c(ccc(-c4ccc(OC)cc4)c3=O)[C@H]1[C@@H](C(=O)OC)[C@@H]2CO. The number of aliphatic hydroxyl groups is 1. The molecule has 1 saturated heterocycles. The lowest BCUT2D eigenvalue weighted by Crippen LogP contribution is -2.46. The largest absolute Gasteiger partial charge is 0.497 e. The van der Waals surface area contributed by atoms with E-state index in [2.05, 4.69) is 11.8 Å². The number of hydrogen-bond donors (Lipinski definition) is 1. The van der Waals surface area contributed by atoms with Gasteiger partial charge in [-0.2, -0.15) is 0 Å². The molecule has 3 heterocycles. The van der Waals surface area contributed by atoms with E-state index in [0.717, 1.165) is 30.0 Å². The number of ether oxygens (including phenoxy) is 2. The van der Waals surface area contributed by atoms with Crippen LogP contribution in [0, 0.1) is 11.8 Å². The Balaban J connectivity index is 1.82. The van der Waals surface area contributed by atoms with Gasteiger partial charge in [-0.1, -0.05) is 19.1 Å². The van der Waals surface area contributed by atoms with Gasteiger partial charge in [0.25, 0.3) is 5.56 Å². The summed E-state index contributed by atoms with van der Waals surface area (Å²) in [6.07, 6.45) is 0.924. The van der Waals surface area contributed by atoms with E-state index in [1.165, 1.54) is 7.11 Å². The molecule has 0 radical (unpaired) electrons. The first-order valence-electron chi connectivity index (χ1n) is 10.4. The highest BCUT2D eigenvalue weighted by Crippen LogP contribution is 2.48. The molecule has 160 valence electrons. The standard InChI is InChI=1S/C23H28N2O5/c1-4-11-24-19-12-25-18(21(24)20(17(19)13-26)23(28)30-3)10-9-16(22(25)27)14-5-7-15(29-2)8-6-14/h5-10,17,19-21,26H,4,11-13H2,1-3H3/t17-,19-,20+,21+/m1/s1.